The van der Waals surface area contributed by atoms with Crippen LogP contribution in [0.15, 0.2) is 76.1 Å². The molecule has 0 aliphatic heterocycles. The third-order valence-electron chi connectivity index (χ3n) is 4.88. The van der Waals surface area contributed by atoms with Gasteiger partial charge in [0.25, 0.3) is 0 Å². The van der Waals surface area contributed by atoms with Gasteiger partial charge in [0.05, 0.1) is 24.2 Å². The monoisotopic (exact) mass is 516 g/mol. The summed E-state index contributed by atoms with van der Waals surface area (Å²) in [4.78, 5) is 13.0. The van der Waals surface area contributed by atoms with Crippen LogP contribution in [0, 0.1) is 13.8 Å². The summed E-state index contributed by atoms with van der Waals surface area (Å²) in [5.74, 6) is 0.0477. The zero-order chi connectivity index (χ0) is 23.3. The highest BCUT2D eigenvalue weighted by atomic mass is 79.9. The van der Waals surface area contributed by atoms with Gasteiger partial charge in [0, 0.05) is 11.0 Å². The molecule has 6 nitrogen and oxygen atoms in total. The smallest absolute Gasteiger partial charge is 0.243 e. The third kappa shape index (κ3) is 5.97. The van der Waals surface area contributed by atoms with Gasteiger partial charge in [-0.15, -0.1) is 0 Å². The molecule has 3 rings (SSSR count). The lowest BCUT2D eigenvalue weighted by Crippen LogP contribution is -2.37. The number of halogens is 1. The van der Waals surface area contributed by atoms with E-state index >= 15 is 0 Å². The van der Waals surface area contributed by atoms with E-state index in [0.717, 1.165) is 21.2 Å². The summed E-state index contributed by atoms with van der Waals surface area (Å²) in [6.07, 6.45) is 0. The second-order valence-corrected chi connectivity index (χ2v) is 10.3. The number of nitrogens with zero attached hydrogens (tertiary/aromatic N) is 1. The Hall–Kier alpha value is -2.68. The number of methoxy groups -OCH3 is 1. The number of rotatable bonds is 8. The number of carbonyl (C=O) groups excluding carboxylic acids is 1. The summed E-state index contributed by atoms with van der Waals surface area (Å²) in [6.45, 7) is 3.50. The van der Waals surface area contributed by atoms with Crippen LogP contribution in [0.4, 0.5) is 5.69 Å². The van der Waals surface area contributed by atoms with Gasteiger partial charge >= 0.3 is 0 Å². The number of nitrogens with one attached hydrogen (secondary N) is 1. The number of anilines is 1. The fraction of sp³-hybridized carbons (Fsp3) is 0.208. The molecule has 1 amide bonds. The van der Waals surface area contributed by atoms with Crippen molar-refractivity contribution in [3.05, 3.63) is 87.9 Å². The fourth-order valence-electron chi connectivity index (χ4n) is 3.15. The van der Waals surface area contributed by atoms with Crippen LogP contribution in [0.3, 0.4) is 0 Å². The summed E-state index contributed by atoms with van der Waals surface area (Å²) in [7, 11) is -2.39. The van der Waals surface area contributed by atoms with Crippen LogP contribution in [-0.2, 0) is 21.4 Å². The van der Waals surface area contributed by atoms with Crippen LogP contribution in [0.25, 0.3) is 0 Å². The minimum absolute atomic E-state index is 0.0574. The van der Waals surface area contributed by atoms with E-state index in [2.05, 4.69) is 21.2 Å². The SMILES string of the molecule is COc1ccc(C)cc1NC(=O)CN(Cc1ccc(Br)cc1)S(=O)(=O)c1ccc(C)cc1. The van der Waals surface area contributed by atoms with Gasteiger partial charge in [0.15, 0.2) is 0 Å². The van der Waals surface area contributed by atoms with Gasteiger partial charge < -0.3 is 10.1 Å². The van der Waals surface area contributed by atoms with Crippen LogP contribution in [0.1, 0.15) is 16.7 Å². The maximum atomic E-state index is 13.4. The Morgan fingerprint density at radius 2 is 1.59 bits per heavy atom. The predicted octanol–water partition coefficient (Wildman–Crippen LogP) is 4.90. The van der Waals surface area contributed by atoms with E-state index in [9.17, 15) is 13.2 Å². The molecule has 0 radical (unpaired) electrons. The molecule has 3 aromatic rings. The first-order chi connectivity index (χ1) is 15.2. The van der Waals surface area contributed by atoms with Crippen LogP contribution in [0.5, 0.6) is 5.75 Å². The highest BCUT2D eigenvalue weighted by Gasteiger charge is 2.27. The van der Waals surface area contributed by atoms with E-state index in [0.29, 0.717) is 11.4 Å². The Kier molecular flexibility index (Phi) is 7.71. The average molecular weight is 517 g/mol. The van der Waals surface area contributed by atoms with Crippen molar-refractivity contribution in [3.63, 3.8) is 0 Å². The van der Waals surface area contributed by atoms with Crippen molar-refractivity contribution in [1.29, 1.82) is 0 Å². The summed E-state index contributed by atoms with van der Waals surface area (Å²) >= 11 is 3.38. The lowest BCUT2D eigenvalue weighted by molar-refractivity contribution is -0.116. The Bertz CT molecular complexity index is 1190. The topological polar surface area (TPSA) is 75.7 Å². The summed E-state index contributed by atoms with van der Waals surface area (Å²) in [5.41, 5.74) is 3.16. The highest BCUT2D eigenvalue weighted by Crippen LogP contribution is 2.26. The molecule has 3 aromatic carbocycles. The molecule has 0 aromatic heterocycles. The van der Waals surface area contributed by atoms with Gasteiger partial charge in [-0.25, -0.2) is 8.42 Å². The first-order valence-electron chi connectivity index (χ1n) is 9.95. The first kappa shape index (κ1) is 24.0. The Morgan fingerprint density at radius 3 is 2.22 bits per heavy atom. The largest absolute Gasteiger partial charge is 0.495 e. The molecule has 0 spiro atoms. The van der Waals surface area contributed by atoms with E-state index in [1.807, 2.05) is 44.2 Å². The van der Waals surface area contributed by atoms with Crippen molar-refractivity contribution in [2.45, 2.75) is 25.3 Å². The number of amides is 1. The summed E-state index contributed by atoms with van der Waals surface area (Å²) in [5, 5.41) is 2.78. The molecule has 0 aliphatic rings. The molecule has 0 saturated heterocycles. The van der Waals surface area contributed by atoms with Gasteiger partial charge in [-0.05, 0) is 61.4 Å². The molecule has 0 aliphatic carbocycles. The Labute approximate surface area is 197 Å². The number of hydrogen-bond donors (Lipinski definition) is 1. The van der Waals surface area contributed by atoms with Crippen molar-refractivity contribution < 1.29 is 17.9 Å². The Morgan fingerprint density at radius 1 is 0.969 bits per heavy atom. The number of sulfonamides is 1. The molecular weight excluding hydrogens is 492 g/mol. The number of benzene rings is 3. The van der Waals surface area contributed by atoms with Crippen LogP contribution >= 0.6 is 15.9 Å². The number of ether oxygens (including phenoxy) is 1. The summed E-state index contributed by atoms with van der Waals surface area (Å²) < 4.78 is 34.2. The van der Waals surface area contributed by atoms with Crippen molar-refractivity contribution in [2.75, 3.05) is 19.0 Å². The zero-order valence-electron chi connectivity index (χ0n) is 18.1. The minimum atomic E-state index is -3.91. The standard InChI is InChI=1S/C24H25BrN2O4S/c1-17-4-11-21(12-5-17)32(29,30)27(15-19-7-9-20(25)10-8-19)16-24(28)26-22-14-18(2)6-13-23(22)31-3/h4-14H,15-16H2,1-3H3,(H,26,28). The van der Waals surface area contributed by atoms with Gasteiger partial charge in [-0.1, -0.05) is 51.8 Å². The number of carbonyl (C=O) groups is 1. The maximum Gasteiger partial charge on any atom is 0.243 e. The molecule has 168 valence electrons. The maximum absolute atomic E-state index is 13.4. The van der Waals surface area contributed by atoms with Crippen LogP contribution < -0.4 is 10.1 Å². The van der Waals surface area contributed by atoms with E-state index in [4.69, 9.17) is 4.74 Å². The fourth-order valence-corrected chi connectivity index (χ4v) is 4.80. The molecule has 0 heterocycles. The van der Waals surface area contributed by atoms with E-state index in [1.54, 1.807) is 36.4 Å². The van der Waals surface area contributed by atoms with Gasteiger partial charge in [0.2, 0.25) is 15.9 Å². The van der Waals surface area contributed by atoms with Gasteiger partial charge in [-0.2, -0.15) is 4.31 Å². The molecule has 0 bridgehead atoms. The van der Waals surface area contributed by atoms with E-state index in [1.165, 1.54) is 11.4 Å². The van der Waals surface area contributed by atoms with Crippen molar-refractivity contribution >= 4 is 37.5 Å². The molecular formula is C24H25BrN2O4S. The number of hydrogen-bond acceptors (Lipinski definition) is 4. The number of aryl methyl sites for hydroxylation is 2. The van der Waals surface area contributed by atoms with Crippen LogP contribution in [0.2, 0.25) is 0 Å². The van der Waals surface area contributed by atoms with Crippen LogP contribution in [-0.4, -0.2) is 32.3 Å². The lowest BCUT2D eigenvalue weighted by atomic mass is 10.2. The molecule has 8 heteroatoms. The quantitative estimate of drug-likeness (QED) is 0.461. The van der Waals surface area contributed by atoms with Gasteiger partial charge in [-0.3, -0.25) is 4.79 Å². The van der Waals surface area contributed by atoms with E-state index < -0.39 is 15.9 Å². The van der Waals surface area contributed by atoms with E-state index in [-0.39, 0.29) is 18.0 Å². The Balaban J connectivity index is 1.89. The second-order valence-electron chi connectivity index (χ2n) is 7.46. The predicted molar refractivity (Wildman–Crippen MR) is 129 cm³/mol. The molecule has 0 fully saturated rings. The summed E-state index contributed by atoms with van der Waals surface area (Å²) in [6, 6.07) is 19.3. The average Bonchev–Trinajstić information content (AvgIpc) is 2.75. The van der Waals surface area contributed by atoms with Crippen molar-refractivity contribution in [2.24, 2.45) is 0 Å². The normalized spacial score (nSPS) is 11.4. The first-order valence-corrected chi connectivity index (χ1v) is 12.2. The van der Waals surface area contributed by atoms with Crippen molar-refractivity contribution in [1.82, 2.24) is 4.31 Å². The molecule has 0 unspecified atom stereocenters. The molecule has 0 saturated carbocycles. The van der Waals surface area contributed by atoms with Crippen molar-refractivity contribution in [3.8, 4) is 5.75 Å². The molecule has 32 heavy (non-hydrogen) atoms. The third-order valence-corrected chi connectivity index (χ3v) is 7.21. The molecule has 0 atom stereocenters. The second kappa shape index (κ2) is 10.3. The molecule has 1 N–H and O–H groups in total. The van der Waals surface area contributed by atoms with Gasteiger partial charge in [0.1, 0.15) is 5.75 Å². The minimum Gasteiger partial charge on any atom is -0.495 e. The zero-order valence-corrected chi connectivity index (χ0v) is 20.5. The highest BCUT2D eigenvalue weighted by molar-refractivity contribution is 9.10. The lowest BCUT2D eigenvalue weighted by Gasteiger charge is -2.22.